The van der Waals surface area contributed by atoms with Gasteiger partial charge in [-0.15, -0.1) is 0 Å². The predicted molar refractivity (Wildman–Crippen MR) is 86.5 cm³/mol. The molecular weight excluding hydrogens is 334 g/mol. The van der Waals surface area contributed by atoms with Crippen LogP contribution in [0.4, 0.5) is 0 Å². The van der Waals surface area contributed by atoms with Crippen LogP contribution in [-0.2, 0) is 39.3 Å². The Morgan fingerprint density at radius 3 is 2.83 bits per heavy atom. The summed E-state index contributed by atoms with van der Waals surface area (Å²) < 4.78 is 26.5. The van der Waals surface area contributed by atoms with Crippen molar-refractivity contribution < 1.29 is 18.0 Å². The van der Waals surface area contributed by atoms with Gasteiger partial charge in [0.2, 0.25) is 15.6 Å². The topological polar surface area (TPSA) is 106 Å². The summed E-state index contributed by atoms with van der Waals surface area (Å²) in [5.41, 5.74) is 1.31. The average molecular weight is 355 g/mol. The molecular formula is C14H21N5O4S. The number of nitrogens with one attached hydrogen (secondary N) is 1. The van der Waals surface area contributed by atoms with Crippen LogP contribution in [0.25, 0.3) is 0 Å². The van der Waals surface area contributed by atoms with Gasteiger partial charge in [-0.2, -0.15) is 9.40 Å². The van der Waals surface area contributed by atoms with Crippen LogP contribution in [0.5, 0.6) is 0 Å². The largest absolute Gasteiger partial charge is 0.379 e. The van der Waals surface area contributed by atoms with Crippen molar-refractivity contribution >= 4 is 21.6 Å². The summed E-state index contributed by atoms with van der Waals surface area (Å²) >= 11 is 0. The molecule has 1 atom stereocenters. The summed E-state index contributed by atoms with van der Waals surface area (Å²) in [5.74, 6) is -0.244. The third-order valence-corrected chi connectivity index (χ3v) is 5.44. The molecule has 132 valence electrons. The van der Waals surface area contributed by atoms with E-state index in [0.717, 1.165) is 11.4 Å². The first-order valence-corrected chi connectivity index (χ1v) is 9.53. The fraction of sp³-hybridized carbons (Fsp3) is 0.643. The van der Waals surface area contributed by atoms with Crippen molar-refractivity contribution in [1.82, 2.24) is 19.4 Å². The van der Waals surface area contributed by atoms with Crippen LogP contribution in [0, 0.1) is 0 Å². The van der Waals surface area contributed by atoms with Gasteiger partial charge in [-0.1, -0.05) is 5.16 Å². The lowest BCUT2D eigenvalue weighted by atomic mass is 9.99. The molecule has 1 aromatic heterocycles. The van der Waals surface area contributed by atoms with Crippen molar-refractivity contribution in [3.8, 4) is 0 Å². The SMILES string of the molecule is CC1=NOC(C)(C(=O)NCc2cc3n(n2)CCN(S(C)(=O)=O)C3)C1. The second-order valence-electron chi connectivity index (χ2n) is 6.45. The fourth-order valence-electron chi connectivity index (χ4n) is 2.88. The number of sulfonamides is 1. The molecule has 1 aromatic rings. The molecule has 1 unspecified atom stereocenters. The molecule has 0 spiro atoms. The Bertz CT molecular complexity index is 800. The molecule has 24 heavy (non-hydrogen) atoms. The monoisotopic (exact) mass is 355 g/mol. The normalized spacial score (nSPS) is 24.2. The lowest BCUT2D eigenvalue weighted by molar-refractivity contribution is -0.141. The summed E-state index contributed by atoms with van der Waals surface area (Å²) in [7, 11) is -3.22. The number of hydrogen-bond donors (Lipinski definition) is 1. The lowest BCUT2D eigenvalue weighted by Crippen LogP contribution is -2.44. The van der Waals surface area contributed by atoms with Crippen LogP contribution in [0.2, 0.25) is 0 Å². The Balaban J connectivity index is 1.62. The molecule has 0 radical (unpaired) electrons. The van der Waals surface area contributed by atoms with Crippen LogP contribution in [0.3, 0.4) is 0 Å². The van der Waals surface area contributed by atoms with Crippen LogP contribution in [0.15, 0.2) is 11.2 Å². The molecule has 0 bridgehead atoms. The molecule has 0 saturated heterocycles. The van der Waals surface area contributed by atoms with Gasteiger partial charge in [-0.3, -0.25) is 9.48 Å². The minimum absolute atomic E-state index is 0.244. The molecule has 10 heteroatoms. The van der Waals surface area contributed by atoms with Crippen molar-refractivity contribution in [2.45, 2.75) is 45.5 Å². The minimum Gasteiger partial charge on any atom is -0.379 e. The van der Waals surface area contributed by atoms with E-state index in [1.165, 1.54) is 10.6 Å². The van der Waals surface area contributed by atoms with E-state index in [2.05, 4.69) is 15.6 Å². The number of carbonyl (C=O) groups excluding carboxylic acids is 1. The zero-order chi connectivity index (χ0) is 17.5. The summed E-state index contributed by atoms with van der Waals surface area (Å²) in [4.78, 5) is 17.5. The van der Waals surface area contributed by atoms with Crippen molar-refractivity contribution in [3.63, 3.8) is 0 Å². The van der Waals surface area contributed by atoms with Gasteiger partial charge in [0.25, 0.3) is 5.91 Å². The van der Waals surface area contributed by atoms with Gasteiger partial charge in [0, 0.05) is 13.0 Å². The van der Waals surface area contributed by atoms with Gasteiger partial charge in [-0.05, 0) is 19.9 Å². The van der Waals surface area contributed by atoms with Gasteiger partial charge >= 0.3 is 0 Å². The number of aromatic nitrogens is 2. The zero-order valence-electron chi connectivity index (χ0n) is 13.9. The number of fused-ring (bicyclic) bond motifs is 1. The first-order chi connectivity index (χ1) is 11.2. The highest BCUT2D eigenvalue weighted by atomic mass is 32.2. The van der Waals surface area contributed by atoms with Gasteiger partial charge in [0.05, 0.1) is 43.0 Å². The highest BCUT2D eigenvalue weighted by Gasteiger charge is 2.40. The zero-order valence-corrected chi connectivity index (χ0v) is 14.8. The molecule has 0 saturated carbocycles. The minimum atomic E-state index is -3.22. The number of rotatable bonds is 4. The molecule has 2 aliphatic heterocycles. The van der Waals surface area contributed by atoms with Crippen molar-refractivity contribution in [1.29, 1.82) is 0 Å². The van der Waals surface area contributed by atoms with E-state index < -0.39 is 15.6 Å². The number of amides is 1. The van der Waals surface area contributed by atoms with E-state index >= 15 is 0 Å². The second-order valence-corrected chi connectivity index (χ2v) is 8.44. The van der Waals surface area contributed by atoms with Gasteiger partial charge in [0.15, 0.2) is 0 Å². The van der Waals surface area contributed by atoms with Gasteiger partial charge < -0.3 is 10.2 Å². The maximum Gasteiger partial charge on any atom is 0.267 e. The maximum absolute atomic E-state index is 12.3. The molecule has 1 amide bonds. The van der Waals surface area contributed by atoms with E-state index in [9.17, 15) is 13.2 Å². The van der Waals surface area contributed by atoms with E-state index in [0.29, 0.717) is 31.7 Å². The number of hydrogen-bond acceptors (Lipinski definition) is 6. The Hall–Kier alpha value is -1.94. The molecule has 3 heterocycles. The van der Waals surface area contributed by atoms with E-state index in [4.69, 9.17) is 4.84 Å². The van der Waals surface area contributed by atoms with Crippen molar-refractivity contribution in [2.24, 2.45) is 5.16 Å². The molecule has 0 aliphatic carbocycles. The second kappa shape index (κ2) is 5.85. The third-order valence-electron chi connectivity index (χ3n) is 4.19. The summed E-state index contributed by atoms with van der Waals surface area (Å²) in [6, 6.07) is 1.82. The number of carbonyl (C=O) groups is 1. The highest BCUT2D eigenvalue weighted by molar-refractivity contribution is 7.88. The first-order valence-electron chi connectivity index (χ1n) is 7.68. The quantitative estimate of drug-likeness (QED) is 0.807. The third kappa shape index (κ3) is 3.29. The first kappa shape index (κ1) is 16.9. The number of nitrogens with zero attached hydrogens (tertiary/aromatic N) is 4. The van der Waals surface area contributed by atoms with E-state index in [-0.39, 0.29) is 12.5 Å². The Morgan fingerprint density at radius 1 is 1.46 bits per heavy atom. The van der Waals surface area contributed by atoms with E-state index in [1.807, 2.05) is 13.0 Å². The fourth-order valence-corrected chi connectivity index (χ4v) is 3.66. The Kier molecular flexibility index (Phi) is 4.12. The van der Waals surface area contributed by atoms with Crippen molar-refractivity contribution in [3.05, 3.63) is 17.5 Å². The smallest absolute Gasteiger partial charge is 0.267 e. The Morgan fingerprint density at radius 2 is 2.21 bits per heavy atom. The van der Waals surface area contributed by atoms with Crippen LogP contribution in [-0.4, -0.2) is 52.5 Å². The summed E-state index contributed by atoms with van der Waals surface area (Å²) in [6.07, 6.45) is 1.66. The summed E-state index contributed by atoms with van der Waals surface area (Å²) in [5, 5.41) is 11.0. The Labute approximate surface area is 140 Å². The van der Waals surface area contributed by atoms with Crippen LogP contribution >= 0.6 is 0 Å². The van der Waals surface area contributed by atoms with E-state index in [1.54, 1.807) is 11.6 Å². The lowest BCUT2D eigenvalue weighted by Gasteiger charge is -2.25. The summed E-state index contributed by atoms with van der Waals surface area (Å²) in [6.45, 7) is 4.98. The molecule has 0 fully saturated rings. The van der Waals surface area contributed by atoms with Crippen LogP contribution in [0.1, 0.15) is 31.7 Å². The van der Waals surface area contributed by atoms with Gasteiger partial charge in [-0.25, -0.2) is 8.42 Å². The van der Waals surface area contributed by atoms with Gasteiger partial charge in [0.1, 0.15) is 0 Å². The average Bonchev–Trinajstić information content (AvgIpc) is 3.06. The molecule has 3 rings (SSSR count). The highest BCUT2D eigenvalue weighted by Crippen LogP contribution is 2.23. The van der Waals surface area contributed by atoms with Crippen molar-refractivity contribution in [2.75, 3.05) is 12.8 Å². The van der Waals surface area contributed by atoms with Crippen LogP contribution < -0.4 is 5.32 Å². The number of oxime groups is 1. The standard InChI is InChI=1S/C14H21N5O4S/c1-10-7-14(2,23-17-10)13(20)15-8-11-6-12-9-18(24(3,21)22)4-5-19(12)16-11/h6H,4-5,7-9H2,1-3H3,(H,15,20). The molecule has 1 N–H and O–H groups in total. The maximum atomic E-state index is 12.3. The molecule has 2 aliphatic rings. The molecule has 9 nitrogen and oxygen atoms in total. The molecule has 0 aromatic carbocycles. The predicted octanol–water partition coefficient (Wildman–Crippen LogP) is -0.171.